The first-order valence-corrected chi connectivity index (χ1v) is 14.2. The number of esters is 5. The average molecular weight is 601 g/mol. The normalized spacial score (nSPS) is 22.5. The summed E-state index contributed by atoms with van der Waals surface area (Å²) in [6, 6.07) is 0. The van der Waals surface area contributed by atoms with Gasteiger partial charge in [-0.2, -0.15) is 0 Å². The van der Waals surface area contributed by atoms with Crippen LogP contribution in [0.4, 0.5) is 0 Å². The minimum absolute atomic E-state index is 0.466. The third-order valence-corrected chi connectivity index (χ3v) is 5.98. The second-order valence-corrected chi connectivity index (χ2v) is 15.9. The zero-order chi connectivity index (χ0) is 33.2. The summed E-state index contributed by atoms with van der Waals surface area (Å²) in [5.74, 6) is -3.25. The predicted octanol–water partition coefficient (Wildman–Crippen LogP) is 4.76. The lowest BCUT2D eigenvalue weighted by Crippen LogP contribution is -2.50. The van der Waals surface area contributed by atoms with E-state index in [0.29, 0.717) is 0 Å². The van der Waals surface area contributed by atoms with E-state index >= 15 is 0 Å². The van der Waals surface area contributed by atoms with Gasteiger partial charge in [-0.05, 0) is 104 Å². The Labute approximate surface area is 250 Å². The Morgan fingerprint density at radius 3 is 1.26 bits per heavy atom. The van der Waals surface area contributed by atoms with Crippen molar-refractivity contribution in [1.82, 2.24) is 0 Å². The molecule has 0 unspecified atom stereocenters. The highest BCUT2D eigenvalue weighted by molar-refractivity contribution is 5.78. The quantitative estimate of drug-likeness (QED) is 0.295. The number of rotatable bonds is 7. The molecule has 1 heterocycles. The number of ether oxygens (including phenoxy) is 6. The maximum absolute atomic E-state index is 13.2. The van der Waals surface area contributed by atoms with Gasteiger partial charge in [0.05, 0.1) is 27.1 Å². The standard InChI is InChI=1S/C31H52O11/c1-27(2,3)22(32)37-16-17(38-23(33)28(4,5)6)18-19(40-24(34)29(7,8)9)20(41-25(35)30(10,11)12)21(39-18)42-26(36)31(13,14)15/h17-21H,16H2,1-15H3/t17-,18-,19+,20+,21+/m1/s1. The van der Waals surface area contributed by atoms with Crippen molar-refractivity contribution in [3.8, 4) is 0 Å². The van der Waals surface area contributed by atoms with Crippen molar-refractivity contribution in [1.29, 1.82) is 0 Å². The van der Waals surface area contributed by atoms with Crippen LogP contribution in [0, 0.1) is 27.1 Å². The Morgan fingerprint density at radius 1 is 0.524 bits per heavy atom. The van der Waals surface area contributed by atoms with E-state index in [1.807, 2.05) is 0 Å². The SMILES string of the molecule is CC(C)(C)C(=O)OC[C@@H](OC(=O)C(C)(C)C)[C@H]1O[C@@H](OC(=O)C(C)(C)C)[C@@H](OC(=O)C(C)(C)C)[C@H]1OC(=O)C(C)(C)C. The van der Waals surface area contributed by atoms with Crippen molar-refractivity contribution in [2.24, 2.45) is 27.1 Å². The Kier molecular flexibility index (Phi) is 11.5. The van der Waals surface area contributed by atoms with Gasteiger partial charge in [0.15, 0.2) is 12.2 Å². The number of hydrogen-bond acceptors (Lipinski definition) is 11. The first-order chi connectivity index (χ1) is 18.6. The van der Waals surface area contributed by atoms with Crippen LogP contribution in [-0.2, 0) is 52.4 Å². The summed E-state index contributed by atoms with van der Waals surface area (Å²) >= 11 is 0. The molecule has 1 aliphatic rings. The van der Waals surface area contributed by atoms with Gasteiger partial charge in [-0.15, -0.1) is 0 Å². The van der Waals surface area contributed by atoms with Crippen LogP contribution in [0.25, 0.3) is 0 Å². The molecule has 1 rings (SSSR count). The Hall–Kier alpha value is -2.69. The average Bonchev–Trinajstić information content (AvgIpc) is 3.09. The Balaban J connectivity index is 3.73. The van der Waals surface area contributed by atoms with E-state index in [2.05, 4.69) is 0 Å². The number of hydrogen-bond donors (Lipinski definition) is 0. The van der Waals surface area contributed by atoms with Crippen LogP contribution in [0.5, 0.6) is 0 Å². The van der Waals surface area contributed by atoms with E-state index in [1.54, 1.807) is 104 Å². The number of carbonyl (C=O) groups is 5. The molecule has 0 aliphatic carbocycles. The van der Waals surface area contributed by atoms with E-state index < -0.39 is 94.2 Å². The maximum Gasteiger partial charge on any atom is 0.313 e. The van der Waals surface area contributed by atoms with E-state index in [4.69, 9.17) is 28.4 Å². The van der Waals surface area contributed by atoms with Gasteiger partial charge in [-0.25, -0.2) is 0 Å². The molecule has 0 spiro atoms. The zero-order valence-corrected chi connectivity index (χ0v) is 28.1. The highest BCUT2D eigenvalue weighted by atomic mass is 16.8. The van der Waals surface area contributed by atoms with Crippen LogP contribution < -0.4 is 0 Å². The summed E-state index contributed by atoms with van der Waals surface area (Å²) in [6.07, 6.45) is -7.01. The van der Waals surface area contributed by atoms with Crippen LogP contribution in [0.2, 0.25) is 0 Å². The molecule has 1 aliphatic heterocycles. The molecule has 0 aromatic rings. The topological polar surface area (TPSA) is 141 Å². The molecule has 0 bridgehead atoms. The zero-order valence-electron chi connectivity index (χ0n) is 28.1. The van der Waals surface area contributed by atoms with E-state index in [1.165, 1.54) is 0 Å². The van der Waals surface area contributed by atoms with Gasteiger partial charge in [0.1, 0.15) is 12.7 Å². The third kappa shape index (κ3) is 10.5. The molecule has 0 saturated carbocycles. The van der Waals surface area contributed by atoms with Gasteiger partial charge in [-0.1, -0.05) is 0 Å². The van der Waals surface area contributed by atoms with Crippen LogP contribution in [0.15, 0.2) is 0 Å². The monoisotopic (exact) mass is 600 g/mol. The van der Waals surface area contributed by atoms with Gasteiger partial charge < -0.3 is 28.4 Å². The smallest absolute Gasteiger partial charge is 0.313 e. The van der Waals surface area contributed by atoms with Gasteiger partial charge >= 0.3 is 29.8 Å². The van der Waals surface area contributed by atoms with Crippen molar-refractivity contribution in [2.45, 2.75) is 135 Å². The van der Waals surface area contributed by atoms with Crippen LogP contribution in [0.1, 0.15) is 104 Å². The largest absolute Gasteiger partial charge is 0.461 e. The summed E-state index contributed by atoms with van der Waals surface area (Å²) in [5, 5.41) is 0. The molecule has 0 N–H and O–H groups in total. The molecule has 0 aromatic carbocycles. The molecule has 5 atom stereocenters. The van der Waals surface area contributed by atoms with E-state index in [9.17, 15) is 24.0 Å². The molecule has 11 nitrogen and oxygen atoms in total. The lowest BCUT2D eigenvalue weighted by molar-refractivity contribution is -0.214. The lowest BCUT2D eigenvalue weighted by Gasteiger charge is -2.32. The van der Waals surface area contributed by atoms with Gasteiger partial charge in [0.2, 0.25) is 12.4 Å². The fraction of sp³-hybridized carbons (Fsp3) is 0.839. The van der Waals surface area contributed by atoms with Crippen LogP contribution in [-0.4, -0.2) is 67.2 Å². The predicted molar refractivity (Wildman–Crippen MR) is 153 cm³/mol. The molecule has 11 heteroatoms. The van der Waals surface area contributed by atoms with E-state index in [-0.39, 0.29) is 0 Å². The Bertz CT molecular complexity index is 1010. The molecular weight excluding hydrogens is 548 g/mol. The fourth-order valence-corrected chi connectivity index (χ4v) is 3.07. The van der Waals surface area contributed by atoms with Gasteiger partial charge in [-0.3, -0.25) is 24.0 Å². The first-order valence-electron chi connectivity index (χ1n) is 14.2. The van der Waals surface area contributed by atoms with Crippen LogP contribution >= 0.6 is 0 Å². The molecular formula is C31H52O11. The molecule has 0 aromatic heterocycles. The lowest BCUT2D eigenvalue weighted by atomic mass is 9.95. The molecule has 42 heavy (non-hydrogen) atoms. The molecule has 0 amide bonds. The van der Waals surface area contributed by atoms with Gasteiger partial charge in [0.25, 0.3) is 0 Å². The summed E-state index contributed by atoms with van der Waals surface area (Å²) in [6.45, 7) is 24.1. The highest BCUT2D eigenvalue weighted by Gasteiger charge is 2.57. The minimum Gasteiger partial charge on any atom is -0.461 e. The van der Waals surface area contributed by atoms with Crippen molar-refractivity contribution in [3.63, 3.8) is 0 Å². The van der Waals surface area contributed by atoms with Crippen LogP contribution in [0.3, 0.4) is 0 Å². The summed E-state index contributed by atoms with van der Waals surface area (Å²) in [5.41, 5.74) is -4.76. The summed E-state index contributed by atoms with van der Waals surface area (Å²) < 4.78 is 34.7. The molecule has 242 valence electrons. The highest BCUT2D eigenvalue weighted by Crippen LogP contribution is 2.36. The minimum atomic E-state index is -1.53. The summed E-state index contributed by atoms with van der Waals surface area (Å²) in [7, 11) is 0. The fourth-order valence-electron chi connectivity index (χ4n) is 3.07. The van der Waals surface area contributed by atoms with Crippen molar-refractivity contribution in [3.05, 3.63) is 0 Å². The van der Waals surface area contributed by atoms with Crippen molar-refractivity contribution < 1.29 is 52.4 Å². The van der Waals surface area contributed by atoms with Crippen molar-refractivity contribution in [2.75, 3.05) is 6.61 Å². The summed E-state index contributed by atoms with van der Waals surface area (Å²) in [4.78, 5) is 64.9. The first kappa shape index (κ1) is 37.3. The van der Waals surface area contributed by atoms with Gasteiger partial charge in [0, 0.05) is 0 Å². The second-order valence-electron chi connectivity index (χ2n) is 15.9. The van der Waals surface area contributed by atoms with E-state index in [0.717, 1.165) is 0 Å². The molecule has 1 fully saturated rings. The Morgan fingerprint density at radius 2 is 0.881 bits per heavy atom. The second kappa shape index (κ2) is 12.9. The van der Waals surface area contributed by atoms with Crippen molar-refractivity contribution >= 4 is 29.8 Å². The number of carbonyl (C=O) groups excluding carboxylic acids is 5. The third-order valence-electron chi connectivity index (χ3n) is 5.98. The molecule has 1 saturated heterocycles. The maximum atomic E-state index is 13.2. The molecule has 0 radical (unpaired) electrons.